The van der Waals surface area contributed by atoms with Gasteiger partial charge in [-0.05, 0) is 48.2 Å². The Kier molecular flexibility index (Phi) is 8.55. The number of benzene rings is 2. The van der Waals surface area contributed by atoms with Gasteiger partial charge in [0, 0.05) is 30.4 Å². The zero-order chi connectivity index (χ0) is 22.5. The topological polar surface area (TPSA) is 92.1 Å². The molecule has 0 spiro atoms. The number of aromatic nitrogens is 2. The molecule has 2 aromatic carbocycles. The lowest BCUT2D eigenvalue weighted by atomic mass is 10.1. The molecule has 0 bridgehead atoms. The number of nitrogens with zero attached hydrogens (tertiary/aromatic N) is 4. The molecule has 2 heterocycles. The fourth-order valence-electron chi connectivity index (χ4n) is 3.80. The van der Waals surface area contributed by atoms with Gasteiger partial charge in [0.2, 0.25) is 0 Å². The quantitative estimate of drug-likeness (QED) is 0.376. The van der Waals surface area contributed by atoms with Crippen LogP contribution in [0.2, 0.25) is 5.02 Å². The molecule has 0 atom stereocenters. The van der Waals surface area contributed by atoms with Crippen molar-refractivity contribution in [1.29, 1.82) is 0 Å². The number of aliphatic hydroxyl groups excluding tert-OH is 1. The molecule has 3 aromatic rings. The van der Waals surface area contributed by atoms with Crippen LogP contribution in [0.25, 0.3) is 10.8 Å². The van der Waals surface area contributed by atoms with Crippen LogP contribution in [-0.2, 0) is 11.4 Å². The zero-order valence-electron chi connectivity index (χ0n) is 18.5. The average molecular weight is 492 g/mol. The third-order valence-corrected chi connectivity index (χ3v) is 5.83. The molecule has 1 aliphatic heterocycles. The number of nitrogens with one attached hydrogen (secondary N) is 1. The fraction of sp³-hybridized carbons (Fsp3) is 0.348. The van der Waals surface area contributed by atoms with Crippen LogP contribution in [-0.4, -0.2) is 54.9 Å². The van der Waals surface area contributed by atoms with Crippen molar-refractivity contribution in [3.63, 3.8) is 0 Å². The van der Waals surface area contributed by atoms with E-state index in [2.05, 4.69) is 25.6 Å². The summed E-state index contributed by atoms with van der Waals surface area (Å²) in [4.78, 5) is 7.00. The van der Waals surface area contributed by atoms with Crippen molar-refractivity contribution < 1.29 is 14.7 Å². The first-order valence-electron chi connectivity index (χ1n) is 10.5. The average Bonchev–Trinajstić information content (AvgIpc) is 2.81. The number of hydrogen-bond acceptors (Lipinski definition) is 8. The highest BCUT2D eigenvalue weighted by molar-refractivity contribution is 6.32. The fourth-order valence-corrected chi connectivity index (χ4v) is 4.08. The van der Waals surface area contributed by atoms with Crippen molar-refractivity contribution in [3.05, 3.63) is 52.5 Å². The SMILES string of the molecule is CON=Cc1ccc2c(N3CCC(O)CC3)nnc(NCc3ccc(OC)c(Cl)c3)c2c1.Cl. The van der Waals surface area contributed by atoms with Crippen molar-refractivity contribution in [3.8, 4) is 5.75 Å². The number of aliphatic hydroxyl groups is 1. The Balaban J connectivity index is 0.00000306. The summed E-state index contributed by atoms with van der Waals surface area (Å²) >= 11 is 6.26. The molecule has 4 rings (SSSR count). The molecule has 176 valence electrons. The summed E-state index contributed by atoms with van der Waals surface area (Å²) < 4.78 is 5.23. The smallest absolute Gasteiger partial charge is 0.159 e. The predicted molar refractivity (Wildman–Crippen MR) is 134 cm³/mol. The lowest BCUT2D eigenvalue weighted by Gasteiger charge is -2.31. The number of oxime groups is 1. The van der Waals surface area contributed by atoms with Gasteiger partial charge in [-0.2, -0.15) is 0 Å². The molecule has 1 saturated heterocycles. The molecule has 0 radical (unpaired) electrons. The molecule has 8 nitrogen and oxygen atoms in total. The number of fused-ring (bicyclic) bond motifs is 1. The van der Waals surface area contributed by atoms with Gasteiger partial charge in [-0.25, -0.2) is 0 Å². The number of methoxy groups -OCH3 is 1. The molecule has 10 heteroatoms. The maximum absolute atomic E-state index is 9.86. The molecular weight excluding hydrogens is 465 g/mol. The van der Waals surface area contributed by atoms with Crippen LogP contribution < -0.4 is 15.0 Å². The second-order valence-electron chi connectivity index (χ2n) is 7.63. The monoisotopic (exact) mass is 491 g/mol. The molecule has 33 heavy (non-hydrogen) atoms. The summed E-state index contributed by atoms with van der Waals surface area (Å²) in [5, 5.41) is 28.6. The molecule has 1 aliphatic rings. The number of rotatable bonds is 7. The minimum atomic E-state index is -0.250. The molecule has 0 saturated carbocycles. The third-order valence-electron chi connectivity index (χ3n) is 5.53. The van der Waals surface area contributed by atoms with Gasteiger partial charge in [0.25, 0.3) is 0 Å². The van der Waals surface area contributed by atoms with E-state index in [1.165, 1.54) is 7.11 Å². The number of hydrogen-bond donors (Lipinski definition) is 2. The van der Waals surface area contributed by atoms with Gasteiger partial charge >= 0.3 is 0 Å². The second kappa shape index (κ2) is 11.4. The van der Waals surface area contributed by atoms with Gasteiger partial charge in [0.1, 0.15) is 12.9 Å². The van der Waals surface area contributed by atoms with E-state index >= 15 is 0 Å². The van der Waals surface area contributed by atoms with E-state index in [-0.39, 0.29) is 18.5 Å². The van der Waals surface area contributed by atoms with Crippen molar-refractivity contribution in [1.82, 2.24) is 10.2 Å². The van der Waals surface area contributed by atoms with Crippen molar-refractivity contribution in [2.45, 2.75) is 25.5 Å². The number of ether oxygens (including phenoxy) is 1. The summed E-state index contributed by atoms with van der Waals surface area (Å²) in [5.41, 5.74) is 1.89. The van der Waals surface area contributed by atoms with Gasteiger partial charge in [0.15, 0.2) is 11.6 Å². The highest BCUT2D eigenvalue weighted by Crippen LogP contribution is 2.31. The second-order valence-corrected chi connectivity index (χ2v) is 8.04. The van der Waals surface area contributed by atoms with Crippen LogP contribution in [0, 0.1) is 0 Å². The lowest BCUT2D eigenvalue weighted by molar-refractivity contribution is 0.145. The molecule has 1 aromatic heterocycles. The van der Waals surface area contributed by atoms with E-state index in [0.717, 1.165) is 53.6 Å². The van der Waals surface area contributed by atoms with Gasteiger partial charge in [-0.1, -0.05) is 28.9 Å². The Bertz CT molecular complexity index is 1120. The minimum Gasteiger partial charge on any atom is -0.495 e. The van der Waals surface area contributed by atoms with E-state index in [1.54, 1.807) is 13.3 Å². The summed E-state index contributed by atoms with van der Waals surface area (Å²) in [5.74, 6) is 2.12. The third kappa shape index (κ3) is 5.76. The Morgan fingerprint density at radius 3 is 2.64 bits per heavy atom. The summed E-state index contributed by atoms with van der Waals surface area (Å²) in [7, 11) is 3.11. The molecule has 0 unspecified atom stereocenters. The molecule has 1 fully saturated rings. The number of halogens is 2. The summed E-state index contributed by atoms with van der Waals surface area (Å²) in [6.07, 6.45) is 2.85. The molecule has 0 amide bonds. The van der Waals surface area contributed by atoms with Crippen LogP contribution in [0.5, 0.6) is 5.75 Å². The van der Waals surface area contributed by atoms with Crippen LogP contribution in [0.4, 0.5) is 11.6 Å². The van der Waals surface area contributed by atoms with Gasteiger partial charge in [-0.3, -0.25) is 0 Å². The maximum Gasteiger partial charge on any atom is 0.159 e. The van der Waals surface area contributed by atoms with Crippen LogP contribution in [0.3, 0.4) is 0 Å². The van der Waals surface area contributed by atoms with E-state index in [0.29, 0.717) is 23.1 Å². The van der Waals surface area contributed by atoms with Crippen molar-refractivity contribution in [2.75, 3.05) is 37.5 Å². The van der Waals surface area contributed by atoms with E-state index in [4.69, 9.17) is 21.2 Å². The van der Waals surface area contributed by atoms with E-state index < -0.39 is 0 Å². The molecular formula is C23H27Cl2N5O3. The standard InChI is InChI=1S/C23H26ClN5O3.ClH/c1-31-21-6-4-16(12-20(21)24)13-25-22-19-11-15(14-26-32-2)3-5-18(19)23(28-27-22)29-9-7-17(30)8-10-29;/h3-6,11-12,14,17,30H,7-10,13H2,1-2H3,(H,25,27);1H. The highest BCUT2D eigenvalue weighted by Gasteiger charge is 2.21. The molecule has 0 aliphatic carbocycles. The maximum atomic E-state index is 9.86. The summed E-state index contributed by atoms with van der Waals surface area (Å²) in [6, 6.07) is 11.7. The minimum absolute atomic E-state index is 0. The molecule has 2 N–H and O–H groups in total. The Hall–Kier alpha value is -2.81. The number of piperidine rings is 1. The normalized spacial score (nSPS) is 14.4. The first-order valence-corrected chi connectivity index (χ1v) is 10.8. The van der Waals surface area contributed by atoms with Crippen LogP contribution in [0.15, 0.2) is 41.6 Å². The van der Waals surface area contributed by atoms with Gasteiger partial charge < -0.3 is 24.9 Å². The first kappa shape index (κ1) is 24.8. The van der Waals surface area contributed by atoms with Crippen LogP contribution >= 0.6 is 24.0 Å². The van der Waals surface area contributed by atoms with Gasteiger partial charge in [-0.15, -0.1) is 22.6 Å². The predicted octanol–water partition coefficient (Wildman–Crippen LogP) is 4.27. The van der Waals surface area contributed by atoms with E-state index in [9.17, 15) is 5.11 Å². The Morgan fingerprint density at radius 1 is 1.15 bits per heavy atom. The van der Waals surface area contributed by atoms with Gasteiger partial charge in [0.05, 0.1) is 24.5 Å². The largest absolute Gasteiger partial charge is 0.495 e. The van der Waals surface area contributed by atoms with Crippen LogP contribution in [0.1, 0.15) is 24.0 Å². The lowest BCUT2D eigenvalue weighted by Crippen LogP contribution is -2.36. The van der Waals surface area contributed by atoms with Crippen molar-refractivity contribution >= 4 is 52.6 Å². The van der Waals surface area contributed by atoms with Crippen molar-refractivity contribution in [2.24, 2.45) is 5.16 Å². The highest BCUT2D eigenvalue weighted by atomic mass is 35.5. The Morgan fingerprint density at radius 2 is 1.94 bits per heavy atom. The Labute approximate surface area is 203 Å². The summed E-state index contributed by atoms with van der Waals surface area (Å²) in [6.45, 7) is 2.02. The number of anilines is 2. The zero-order valence-corrected chi connectivity index (χ0v) is 20.1. The first-order chi connectivity index (χ1) is 15.6. The van der Waals surface area contributed by atoms with E-state index in [1.807, 2.05) is 36.4 Å².